The van der Waals surface area contributed by atoms with Crippen molar-refractivity contribution in [2.24, 2.45) is 0 Å². The molecule has 0 spiro atoms. The molecule has 0 unspecified atom stereocenters. The Hall–Kier alpha value is -3.28. The summed E-state index contributed by atoms with van der Waals surface area (Å²) in [5.41, 5.74) is 3.24. The smallest absolute Gasteiger partial charge is 0.270 e. The molecule has 0 aliphatic carbocycles. The van der Waals surface area contributed by atoms with Crippen LogP contribution < -0.4 is 4.74 Å². The van der Waals surface area contributed by atoms with Gasteiger partial charge in [-0.15, -0.1) is 0 Å². The maximum atomic E-state index is 12.9. The predicted octanol–water partition coefficient (Wildman–Crippen LogP) is 4.34. The number of aromatic nitrogens is 2. The normalized spacial score (nSPS) is 15.4. The number of hydrogen-bond acceptors (Lipinski definition) is 4. The van der Waals surface area contributed by atoms with Crippen molar-refractivity contribution in [2.75, 3.05) is 20.2 Å². The molecule has 28 heavy (non-hydrogen) atoms. The lowest BCUT2D eigenvalue weighted by atomic mass is 9.96. The van der Waals surface area contributed by atoms with Gasteiger partial charge >= 0.3 is 0 Å². The first kappa shape index (κ1) is 16.9. The number of aromatic amines is 1. The minimum Gasteiger partial charge on any atom is -0.497 e. The van der Waals surface area contributed by atoms with Crippen molar-refractivity contribution < 1.29 is 13.9 Å². The van der Waals surface area contributed by atoms with Crippen molar-refractivity contribution in [1.82, 2.24) is 14.9 Å². The number of carbonyl (C=O) groups excluding carboxylic acids is 1. The molecule has 1 aliphatic rings. The van der Waals surface area contributed by atoms with Gasteiger partial charge in [-0.05, 0) is 43.2 Å². The minimum absolute atomic E-state index is 0.0335. The SMILES string of the molecule is COc1ccc2cc(C(=O)N3CCC(c4nc5ccccc5o4)CC3)[nH]c2c1. The number of oxazole rings is 1. The Morgan fingerprint density at radius 3 is 2.79 bits per heavy atom. The predicted molar refractivity (Wildman–Crippen MR) is 107 cm³/mol. The number of H-pyrrole nitrogens is 1. The standard InChI is InChI=1S/C22H21N3O3/c1-27-16-7-6-15-12-19(23-18(15)13-16)22(26)25-10-8-14(9-11-25)21-24-17-4-2-3-5-20(17)28-21/h2-7,12-14,23H,8-11H2,1H3. The summed E-state index contributed by atoms with van der Waals surface area (Å²) in [6, 6.07) is 15.5. The van der Waals surface area contributed by atoms with E-state index in [4.69, 9.17) is 9.15 Å². The quantitative estimate of drug-likeness (QED) is 0.578. The Balaban J connectivity index is 1.30. The van der Waals surface area contributed by atoms with Crippen LogP contribution in [0.25, 0.3) is 22.0 Å². The summed E-state index contributed by atoms with van der Waals surface area (Å²) in [7, 11) is 1.64. The van der Waals surface area contributed by atoms with E-state index in [-0.39, 0.29) is 11.8 Å². The molecule has 5 rings (SSSR count). The molecule has 1 saturated heterocycles. The van der Waals surface area contributed by atoms with Gasteiger partial charge in [-0.2, -0.15) is 0 Å². The Bertz CT molecular complexity index is 1120. The first-order chi connectivity index (χ1) is 13.7. The lowest BCUT2D eigenvalue weighted by Crippen LogP contribution is -2.38. The highest BCUT2D eigenvalue weighted by atomic mass is 16.5. The van der Waals surface area contributed by atoms with E-state index in [1.54, 1.807) is 7.11 Å². The van der Waals surface area contributed by atoms with Gasteiger partial charge in [0.1, 0.15) is 17.0 Å². The summed E-state index contributed by atoms with van der Waals surface area (Å²) in [5, 5.41) is 1.01. The third-order valence-electron chi connectivity index (χ3n) is 5.50. The fourth-order valence-corrected chi connectivity index (χ4v) is 3.91. The van der Waals surface area contributed by atoms with E-state index in [0.29, 0.717) is 18.8 Å². The topological polar surface area (TPSA) is 71.4 Å². The van der Waals surface area contributed by atoms with Crippen LogP contribution in [0, 0.1) is 0 Å². The number of benzene rings is 2. The lowest BCUT2D eigenvalue weighted by Gasteiger charge is -2.30. The highest BCUT2D eigenvalue weighted by Crippen LogP contribution is 2.31. The van der Waals surface area contributed by atoms with Crippen LogP contribution in [0.15, 0.2) is 52.9 Å². The molecule has 1 aliphatic heterocycles. The molecule has 0 bridgehead atoms. The number of fused-ring (bicyclic) bond motifs is 2. The molecule has 1 N–H and O–H groups in total. The molecule has 6 heteroatoms. The van der Waals surface area contributed by atoms with Gasteiger partial charge in [0.15, 0.2) is 11.5 Å². The summed E-state index contributed by atoms with van der Waals surface area (Å²) in [6.45, 7) is 1.39. The molecule has 0 radical (unpaired) electrons. The van der Waals surface area contributed by atoms with Crippen molar-refractivity contribution in [3.8, 4) is 5.75 Å². The van der Waals surface area contributed by atoms with E-state index < -0.39 is 0 Å². The average molecular weight is 375 g/mol. The molecular weight excluding hydrogens is 354 g/mol. The van der Waals surface area contributed by atoms with Crippen LogP contribution in [0.5, 0.6) is 5.75 Å². The summed E-state index contributed by atoms with van der Waals surface area (Å²) in [5.74, 6) is 1.84. The molecule has 2 aromatic carbocycles. The molecule has 6 nitrogen and oxygen atoms in total. The van der Waals surface area contributed by atoms with Crippen LogP contribution in [0.3, 0.4) is 0 Å². The first-order valence-corrected chi connectivity index (χ1v) is 9.53. The van der Waals surface area contributed by atoms with Gasteiger partial charge in [-0.3, -0.25) is 4.79 Å². The Kier molecular flexibility index (Phi) is 4.04. The fourth-order valence-electron chi connectivity index (χ4n) is 3.91. The Morgan fingerprint density at radius 1 is 1.18 bits per heavy atom. The largest absolute Gasteiger partial charge is 0.497 e. The van der Waals surface area contributed by atoms with Crippen LogP contribution >= 0.6 is 0 Å². The first-order valence-electron chi connectivity index (χ1n) is 9.53. The van der Waals surface area contributed by atoms with E-state index in [1.807, 2.05) is 53.4 Å². The van der Waals surface area contributed by atoms with Gasteiger partial charge in [0, 0.05) is 36.0 Å². The van der Waals surface area contributed by atoms with Crippen LogP contribution in [-0.2, 0) is 0 Å². The highest BCUT2D eigenvalue weighted by Gasteiger charge is 2.28. The number of amides is 1. The number of likely N-dealkylation sites (tertiary alicyclic amines) is 1. The number of carbonyl (C=O) groups is 1. The molecule has 0 atom stereocenters. The molecule has 2 aromatic heterocycles. The second kappa shape index (κ2) is 6.71. The van der Waals surface area contributed by atoms with Crippen LogP contribution in [-0.4, -0.2) is 41.0 Å². The number of rotatable bonds is 3. The van der Waals surface area contributed by atoms with Gasteiger partial charge in [0.2, 0.25) is 0 Å². The number of nitrogens with one attached hydrogen (secondary N) is 1. The number of hydrogen-bond donors (Lipinski definition) is 1. The lowest BCUT2D eigenvalue weighted by molar-refractivity contribution is 0.0702. The second-order valence-electron chi connectivity index (χ2n) is 7.22. The maximum absolute atomic E-state index is 12.9. The van der Waals surface area contributed by atoms with Gasteiger partial charge in [0.05, 0.1) is 7.11 Å². The molecular formula is C22H21N3O3. The fraction of sp³-hybridized carbons (Fsp3) is 0.273. The summed E-state index contributed by atoms with van der Waals surface area (Å²) in [4.78, 5) is 22.7. The Morgan fingerprint density at radius 2 is 2.00 bits per heavy atom. The van der Waals surface area contributed by atoms with Crippen molar-refractivity contribution in [3.05, 3.63) is 60.1 Å². The Labute approximate surface area is 162 Å². The summed E-state index contributed by atoms with van der Waals surface area (Å²) in [6.07, 6.45) is 1.71. The minimum atomic E-state index is 0.0335. The van der Waals surface area contributed by atoms with E-state index in [1.165, 1.54) is 0 Å². The van der Waals surface area contributed by atoms with Crippen molar-refractivity contribution in [2.45, 2.75) is 18.8 Å². The molecule has 3 heterocycles. The average Bonchev–Trinajstić information content (AvgIpc) is 3.36. The van der Waals surface area contributed by atoms with E-state index in [9.17, 15) is 4.79 Å². The molecule has 1 amide bonds. The third kappa shape index (κ3) is 2.91. The number of piperidine rings is 1. The molecule has 142 valence electrons. The van der Waals surface area contributed by atoms with Crippen molar-refractivity contribution in [1.29, 1.82) is 0 Å². The maximum Gasteiger partial charge on any atom is 0.270 e. The number of para-hydroxylation sites is 2. The van der Waals surface area contributed by atoms with Gasteiger partial charge in [-0.25, -0.2) is 4.98 Å². The highest BCUT2D eigenvalue weighted by molar-refractivity contribution is 5.98. The number of nitrogens with zero attached hydrogens (tertiary/aromatic N) is 2. The van der Waals surface area contributed by atoms with Crippen molar-refractivity contribution >= 4 is 27.9 Å². The monoisotopic (exact) mass is 375 g/mol. The zero-order valence-corrected chi connectivity index (χ0v) is 15.6. The van der Waals surface area contributed by atoms with Crippen LogP contribution in [0.1, 0.15) is 35.1 Å². The van der Waals surface area contributed by atoms with Crippen molar-refractivity contribution in [3.63, 3.8) is 0 Å². The van der Waals surface area contributed by atoms with E-state index in [2.05, 4.69) is 9.97 Å². The van der Waals surface area contributed by atoms with E-state index >= 15 is 0 Å². The second-order valence-corrected chi connectivity index (χ2v) is 7.22. The van der Waals surface area contributed by atoms with Crippen LogP contribution in [0.4, 0.5) is 0 Å². The van der Waals surface area contributed by atoms with Gasteiger partial charge < -0.3 is 19.0 Å². The third-order valence-corrected chi connectivity index (χ3v) is 5.50. The zero-order chi connectivity index (χ0) is 19.1. The molecule has 4 aromatic rings. The summed E-state index contributed by atoms with van der Waals surface area (Å²) < 4.78 is 11.2. The van der Waals surface area contributed by atoms with E-state index in [0.717, 1.165) is 46.5 Å². The molecule has 1 fully saturated rings. The zero-order valence-electron chi connectivity index (χ0n) is 15.6. The van der Waals surface area contributed by atoms with Gasteiger partial charge in [-0.1, -0.05) is 12.1 Å². The number of methoxy groups -OCH3 is 1. The number of ether oxygens (including phenoxy) is 1. The van der Waals surface area contributed by atoms with Gasteiger partial charge in [0.25, 0.3) is 5.91 Å². The summed E-state index contributed by atoms with van der Waals surface area (Å²) >= 11 is 0. The van der Waals surface area contributed by atoms with Crippen LogP contribution in [0.2, 0.25) is 0 Å². The molecule has 0 saturated carbocycles.